The van der Waals surface area contributed by atoms with E-state index in [4.69, 9.17) is 9.29 Å². The van der Waals surface area contributed by atoms with Gasteiger partial charge in [0.1, 0.15) is 5.75 Å². The lowest BCUT2D eigenvalue weighted by molar-refractivity contribution is 0.405. The molecule has 0 atom stereocenters. The Hall–Kier alpha value is -2.05. The highest BCUT2D eigenvalue weighted by Crippen LogP contribution is 2.35. The van der Waals surface area contributed by atoms with Crippen LogP contribution in [0.25, 0.3) is 0 Å². The summed E-state index contributed by atoms with van der Waals surface area (Å²) in [5.41, 5.74) is 0.873. The van der Waals surface area contributed by atoms with E-state index in [-0.39, 0.29) is 16.4 Å². The van der Waals surface area contributed by atoms with Crippen molar-refractivity contribution in [2.45, 2.75) is 56.8 Å². The molecule has 0 spiro atoms. The van der Waals surface area contributed by atoms with Gasteiger partial charge in [-0.2, -0.15) is 8.42 Å². The van der Waals surface area contributed by atoms with Crippen molar-refractivity contribution in [2.24, 2.45) is 0 Å². The van der Waals surface area contributed by atoms with E-state index in [1.807, 2.05) is 6.07 Å². The number of para-hydroxylation sites is 1. The van der Waals surface area contributed by atoms with Crippen LogP contribution in [0.2, 0.25) is 0 Å². The van der Waals surface area contributed by atoms with Crippen LogP contribution in [0.5, 0.6) is 17.2 Å². The zero-order valence-electron chi connectivity index (χ0n) is 15.0. The van der Waals surface area contributed by atoms with Crippen molar-refractivity contribution in [3.63, 3.8) is 0 Å². The van der Waals surface area contributed by atoms with Gasteiger partial charge in [0, 0.05) is 6.07 Å². The number of rotatable bonds is 10. The van der Waals surface area contributed by atoms with Crippen LogP contribution in [-0.4, -0.2) is 18.1 Å². The van der Waals surface area contributed by atoms with Gasteiger partial charge in [0.15, 0.2) is 11.5 Å². The number of aryl methyl sites for hydroxylation is 1. The topological polar surface area (TPSA) is 83.8 Å². The molecule has 0 saturated carbocycles. The predicted molar refractivity (Wildman–Crippen MR) is 102 cm³/mol. The minimum absolute atomic E-state index is 0.00532. The fourth-order valence-corrected chi connectivity index (χ4v) is 3.31. The molecule has 0 fully saturated rings. The third kappa shape index (κ3) is 6.04. The first-order valence-corrected chi connectivity index (χ1v) is 10.4. The van der Waals surface area contributed by atoms with Gasteiger partial charge in [-0.05, 0) is 36.6 Å². The molecule has 0 radical (unpaired) electrons. The molecule has 0 aromatic heterocycles. The Morgan fingerprint density at radius 2 is 1.65 bits per heavy atom. The van der Waals surface area contributed by atoms with E-state index in [9.17, 15) is 13.5 Å². The highest BCUT2D eigenvalue weighted by Gasteiger charge is 2.14. The molecule has 26 heavy (non-hydrogen) atoms. The van der Waals surface area contributed by atoms with Crippen molar-refractivity contribution in [1.82, 2.24) is 0 Å². The first kappa shape index (κ1) is 20.3. The van der Waals surface area contributed by atoms with Crippen molar-refractivity contribution in [1.29, 1.82) is 0 Å². The summed E-state index contributed by atoms with van der Waals surface area (Å²) in [7, 11) is -4.31. The Bertz CT molecular complexity index is 815. The molecule has 2 rings (SSSR count). The monoisotopic (exact) mass is 378 g/mol. The number of benzene rings is 2. The maximum atomic E-state index is 11.3. The molecular weight excluding hydrogens is 352 g/mol. The van der Waals surface area contributed by atoms with Gasteiger partial charge >= 0.3 is 0 Å². The first-order valence-electron chi connectivity index (χ1n) is 8.98. The second kappa shape index (κ2) is 9.59. The summed E-state index contributed by atoms with van der Waals surface area (Å²) in [6.45, 7) is 2.19. The average molecular weight is 378 g/mol. The van der Waals surface area contributed by atoms with Crippen molar-refractivity contribution in [3.8, 4) is 17.2 Å². The standard InChI is InChI=1S/C20H26O5S/c1-2-3-4-5-6-7-10-16-11-8-14-19(21)20(16)25-17-12-9-13-18(15-17)26(22,23)24/h8-9,11-15,21H,2-7,10H2,1H3,(H,22,23,24). The molecule has 0 saturated heterocycles. The molecule has 0 unspecified atom stereocenters. The van der Waals surface area contributed by atoms with E-state index in [0.717, 1.165) is 24.8 Å². The molecule has 5 nitrogen and oxygen atoms in total. The Labute approximate surface area is 155 Å². The maximum Gasteiger partial charge on any atom is 0.294 e. The van der Waals surface area contributed by atoms with Crippen LogP contribution < -0.4 is 4.74 Å². The Kier molecular flexibility index (Phi) is 7.48. The quantitative estimate of drug-likeness (QED) is 0.431. The van der Waals surface area contributed by atoms with Gasteiger partial charge in [0.25, 0.3) is 10.1 Å². The Balaban J connectivity index is 2.09. The first-order chi connectivity index (χ1) is 12.4. The molecular formula is C20H26O5S. The fourth-order valence-electron chi connectivity index (χ4n) is 2.80. The molecule has 2 aromatic rings. The summed E-state index contributed by atoms with van der Waals surface area (Å²) in [5.74, 6) is 0.574. The van der Waals surface area contributed by atoms with E-state index < -0.39 is 10.1 Å². The van der Waals surface area contributed by atoms with E-state index in [1.165, 1.54) is 49.9 Å². The van der Waals surface area contributed by atoms with Crippen LogP contribution in [0.15, 0.2) is 47.4 Å². The summed E-state index contributed by atoms with van der Waals surface area (Å²) >= 11 is 0. The van der Waals surface area contributed by atoms with Crippen molar-refractivity contribution < 1.29 is 22.8 Å². The number of phenolic OH excluding ortho intramolecular Hbond substituents is 1. The third-order valence-corrected chi connectivity index (χ3v) is 5.05. The molecule has 0 heterocycles. The number of hydrogen-bond donors (Lipinski definition) is 2. The van der Waals surface area contributed by atoms with E-state index in [0.29, 0.717) is 5.75 Å². The molecule has 142 valence electrons. The van der Waals surface area contributed by atoms with Crippen LogP contribution in [0, 0.1) is 0 Å². The lowest BCUT2D eigenvalue weighted by Crippen LogP contribution is -1.99. The number of aromatic hydroxyl groups is 1. The minimum atomic E-state index is -4.31. The van der Waals surface area contributed by atoms with Gasteiger partial charge in [-0.1, -0.05) is 57.2 Å². The second-order valence-electron chi connectivity index (χ2n) is 6.34. The summed E-state index contributed by atoms with van der Waals surface area (Å²) in [6, 6.07) is 10.8. The Morgan fingerprint density at radius 1 is 0.962 bits per heavy atom. The van der Waals surface area contributed by atoms with Crippen LogP contribution in [0.4, 0.5) is 0 Å². The van der Waals surface area contributed by atoms with Gasteiger partial charge in [-0.3, -0.25) is 4.55 Å². The third-order valence-electron chi connectivity index (χ3n) is 4.20. The summed E-state index contributed by atoms with van der Waals surface area (Å²) in [6.07, 6.45) is 7.79. The smallest absolute Gasteiger partial charge is 0.294 e. The molecule has 0 amide bonds. The van der Waals surface area contributed by atoms with E-state index >= 15 is 0 Å². The normalized spacial score (nSPS) is 11.5. The molecule has 0 aliphatic heterocycles. The van der Waals surface area contributed by atoms with Crippen molar-refractivity contribution >= 4 is 10.1 Å². The van der Waals surface area contributed by atoms with Crippen molar-refractivity contribution in [2.75, 3.05) is 0 Å². The summed E-state index contributed by atoms with van der Waals surface area (Å²) < 4.78 is 37.4. The van der Waals surface area contributed by atoms with Crippen molar-refractivity contribution in [3.05, 3.63) is 48.0 Å². The minimum Gasteiger partial charge on any atom is -0.504 e. The average Bonchev–Trinajstić information content (AvgIpc) is 2.60. The largest absolute Gasteiger partial charge is 0.504 e. The number of unbranched alkanes of at least 4 members (excludes halogenated alkanes) is 5. The highest BCUT2D eigenvalue weighted by atomic mass is 32.2. The summed E-state index contributed by atoms with van der Waals surface area (Å²) in [5, 5.41) is 10.2. The molecule has 2 aromatic carbocycles. The molecule has 0 bridgehead atoms. The van der Waals surface area contributed by atoms with Gasteiger partial charge in [0.2, 0.25) is 0 Å². The second-order valence-corrected chi connectivity index (χ2v) is 7.76. The maximum absolute atomic E-state index is 11.3. The van der Waals surface area contributed by atoms with Gasteiger partial charge in [-0.25, -0.2) is 0 Å². The van der Waals surface area contributed by atoms with Gasteiger partial charge < -0.3 is 9.84 Å². The Morgan fingerprint density at radius 3 is 2.38 bits per heavy atom. The molecule has 2 N–H and O–H groups in total. The lowest BCUT2D eigenvalue weighted by atomic mass is 10.0. The van der Waals surface area contributed by atoms with Crippen LogP contribution in [-0.2, 0) is 16.5 Å². The number of phenols is 1. The number of ether oxygens (including phenoxy) is 1. The lowest BCUT2D eigenvalue weighted by Gasteiger charge is -2.13. The SMILES string of the molecule is CCCCCCCCc1cccc(O)c1Oc1cccc(S(=O)(=O)O)c1. The molecule has 0 aliphatic rings. The van der Waals surface area contributed by atoms with Gasteiger partial charge in [-0.15, -0.1) is 0 Å². The highest BCUT2D eigenvalue weighted by molar-refractivity contribution is 7.85. The molecule has 6 heteroatoms. The van der Waals surface area contributed by atoms with E-state index in [1.54, 1.807) is 12.1 Å². The molecule has 0 aliphatic carbocycles. The fraction of sp³-hybridized carbons (Fsp3) is 0.400. The zero-order chi connectivity index (χ0) is 19.0. The van der Waals surface area contributed by atoms with Crippen LogP contribution in [0.1, 0.15) is 51.0 Å². The van der Waals surface area contributed by atoms with Gasteiger partial charge in [0.05, 0.1) is 4.90 Å². The predicted octanol–water partition coefficient (Wildman–Crippen LogP) is 5.33. The zero-order valence-corrected chi connectivity index (χ0v) is 15.8. The van der Waals surface area contributed by atoms with Crippen LogP contribution in [0.3, 0.4) is 0 Å². The van der Waals surface area contributed by atoms with Crippen LogP contribution >= 0.6 is 0 Å². The number of hydrogen-bond acceptors (Lipinski definition) is 4. The van der Waals surface area contributed by atoms with E-state index in [2.05, 4.69) is 6.92 Å². The summed E-state index contributed by atoms with van der Waals surface area (Å²) in [4.78, 5) is -0.247.